The van der Waals surface area contributed by atoms with Crippen LogP contribution < -0.4 is 0 Å². The van der Waals surface area contributed by atoms with Crippen molar-refractivity contribution in [1.29, 1.82) is 0 Å². The van der Waals surface area contributed by atoms with Crippen molar-refractivity contribution in [3.8, 4) is 0 Å². The van der Waals surface area contributed by atoms with Gasteiger partial charge in [-0.25, -0.2) is 0 Å². The number of carbonyl (C=O) groups excluding carboxylic acids is 2. The first-order chi connectivity index (χ1) is 37.0. The number of hydrogen-bond donors (Lipinski definition) is 14. The SMILES string of the molecule is CC(=O)O[C@H]1[C@H](O[C@H]2[C@H](OC(=O)[C@]34CCC(C)(C)C[C@H]3C3=CC[C@@H]5[C@@]6(C)C[C@H](O)[C@H](O[C@@H]7O[C@H](CO)[C@@H](O)[C@H](O)[C@H]7O)C(CO)(CO)[C@@H]6CC[C@@]5(C)[C@]3(C)C[C@H]4O)OC[C@H](O)[C@@H]2O)O[C@@H](C)[C@H](O[C@@H]2OC[C@@H](O)[C@H](O)[C@H]2O)[C@H]1O. The molecule has 452 valence electrons. The van der Waals surface area contributed by atoms with E-state index in [2.05, 4.69) is 33.8 Å². The molecular weight excluding hydrogens is 1050 g/mol. The predicted molar refractivity (Wildman–Crippen MR) is 265 cm³/mol. The fraction of sp³-hybridized carbons (Fsp3) is 0.926. The Morgan fingerprint density at radius 1 is 0.620 bits per heavy atom. The number of aliphatic hydroxyl groups is 14. The van der Waals surface area contributed by atoms with Crippen LogP contribution in [0.2, 0.25) is 0 Å². The largest absolute Gasteiger partial charge is 0.454 e. The van der Waals surface area contributed by atoms with E-state index in [-0.39, 0.29) is 30.6 Å². The molecule has 0 radical (unpaired) electrons. The number of esters is 2. The van der Waals surface area contributed by atoms with E-state index in [0.29, 0.717) is 32.1 Å². The van der Waals surface area contributed by atoms with E-state index < -0.39 is 213 Å². The molecule has 0 aromatic rings. The number of ether oxygens (including phenoxy) is 9. The third-order valence-electron chi connectivity index (χ3n) is 21.1. The van der Waals surface area contributed by atoms with Gasteiger partial charge in [-0.1, -0.05) is 46.3 Å². The standard InChI is InChI=1S/C54H86O25/c1-22-40(76-44-37(67)33(63)27(60)18-71-44)39(69)42(74-23(2)58)47(73-22)77-41-34(64)28(61)19-72-46(41)79-48(70)54-13-12-49(3,4)14-25(54)24-8-9-30-50(5)15-26(59)43(78-45-38(68)36(66)35(65)29(17-55)75-45)53(20-56,21-57)31(50)10-11-51(30,6)52(24,7)16-32(54)62/h8,22,25-47,55-57,59-69H,9-21H2,1-7H3/t22-,25-,26-,27+,28-,29+,30+,31+,32+,33-,34-,35+,36-,37+,38+,39+,40-,41+,42+,43-,44-,45-,46-,47-,50+,51+,52+,54+/m0/s1. The number of carbonyl (C=O) groups is 2. The van der Waals surface area contributed by atoms with Crippen LogP contribution >= 0.6 is 0 Å². The highest BCUT2D eigenvalue weighted by atomic mass is 16.8. The van der Waals surface area contributed by atoms with Gasteiger partial charge in [-0.15, -0.1) is 0 Å². The second kappa shape index (κ2) is 22.4. The van der Waals surface area contributed by atoms with Gasteiger partial charge in [0.15, 0.2) is 31.1 Å². The molecule has 8 fully saturated rings. The highest BCUT2D eigenvalue weighted by Crippen LogP contribution is 2.76. The summed E-state index contributed by atoms with van der Waals surface area (Å²) < 4.78 is 53.1. The Labute approximate surface area is 458 Å². The smallest absolute Gasteiger partial charge is 0.317 e. The molecule has 0 amide bonds. The first-order valence-corrected chi connectivity index (χ1v) is 27.9. The molecule has 4 saturated heterocycles. The quantitative estimate of drug-likeness (QED) is 0.0518. The van der Waals surface area contributed by atoms with E-state index in [9.17, 15) is 76.3 Å². The zero-order chi connectivity index (χ0) is 57.9. The van der Waals surface area contributed by atoms with E-state index in [1.54, 1.807) is 0 Å². The van der Waals surface area contributed by atoms with Crippen molar-refractivity contribution in [3.05, 3.63) is 11.6 Å². The maximum atomic E-state index is 15.4. The second-order valence-corrected chi connectivity index (χ2v) is 25.9. The molecule has 9 aliphatic rings. The molecule has 4 aliphatic heterocycles. The summed E-state index contributed by atoms with van der Waals surface area (Å²) in [7, 11) is 0. The summed E-state index contributed by atoms with van der Waals surface area (Å²) in [5, 5.41) is 155. The van der Waals surface area contributed by atoms with Crippen LogP contribution in [0.5, 0.6) is 0 Å². The summed E-state index contributed by atoms with van der Waals surface area (Å²) in [4.78, 5) is 27.9. The minimum absolute atomic E-state index is 0.0867. The maximum absolute atomic E-state index is 15.4. The van der Waals surface area contributed by atoms with Crippen LogP contribution in [0.25, 0.3) is 0 Å². The molecule has 28 atom stereocenters. The van der Waals surface area contributed by atoms with Crippen LogP contribution in [0.3, 0.4) is 0 Å². The zero-order valence-electron chi connectivity index (χ0n) is 45.9. The lowest BCUT2D eigenvalue weighted by Gasteiger charge is -2.72. The first-order valence-electron chi connectivity index (χ1n) is 27.9. The first kappa shape index (κ1) is 61.4. The normalized spacial score (nSPS) is 52.3. The van der Waals surface area contributed by atoms with Crippen LogP contribution in [-0.2, 0) is 52.2 Å². The van der Waals surface area contributed by atoms with Gasteiger partial charge in [0, 0.05) is 12.3 Å². The van der Waals surface area contributed by atoms with Gasteiger partial charge in [0.1, 0.15) is 72.6 Å². The van der Waals surface area contributed by atoms with E-state index >= 15 is 4.79 Å². The number of hydrogen-bond acceptors (Lipinski definition) is 25. The van der Waals surface area contributed by atoms with Crippen molar-refractivity contribution in [2.45, 2.75) is 229 Å². The molecule has 79 heavy (non-hydrogen) atoms. The van der Waals surface area contributed by atoms with Gasteiger partial charge >= 0.3 is 11.9 Å². The summed E-state index contributed by atoms with van der Waals surface area (Å²) in [6.45, 7) is 10.0. The molecule has 14 N–H and O–H groups in total. The average molecular weight is 1140 g/mol. The number of aliphatic hydroxyl groups excluding tert-OH is 14. The summed E-state index contributed by atoms with van der Waals surface area (Å²) in [6, 6.07) is 0. The third kappa shape index (κ3) is 9.95. The lowest BCUT2D eigenvalue weighted by molar-refractivity contribution is -0.369. The molecule has 0 aromatic heterocycles. The Hall–Kier alpha value is -2.16. The van der Waals surface area contributed by atoms with Gasteiger partial charge in [0.2, 0.25) is 6.29 Å². The van der Waals surface area contributed by atoms with E-state index in [1.165, 1.54) is 6.92 Å². The minimum atomic E-state index is -1.82. The van der Waals surface area contributed by atoms with E-state index in [0.717, 1.165) is 12.5 Å². The number of allylic oxidation sites excluding steroid dienone is 2. The molecule has 5 aliphatic carbocycles. The predicted octanol–water partition coefficient (Wildman–Crippen LogP) is -3.27. The zero-order valence-corrected chi connectivity index (χ0v) is 45.9. The Morgan fingerprint density at radius 2 is 1.25 bits per heavy atom. The lowest BCUT2D eigenvalue weighted by atomic mass is 9.33. The molecule has 4 saturated carbocycles. The Kier molecular flexibility index (Phi) is 17.4. The highest BCUT2D eigenvalue weighted by Gasteiger charge is 2.74. The molecule has 25 heteroatoms. The van der Waals surface area contributed by atoms with Crippen molar-refractivity contribution in [3.63, 3.8) is 0 Å². The second-order valence-electron chi connectivity index (χ2n) is 25.9. The Bertz CT molecular complexity index is 2210. The summed E-state index contributed by atoms with van der Waals surface area (Å²) >= 11 is 0. The van der Waals surface area contributed by atoms with Gasteiger partial charge in [-0.05, 0) is 97.7 Å². The summed E-state index contributed by atoms with van der Waals surface area (Å²) in [5.74, 6) is -3.11. The van der Waals surface area contributed by atoms with Crippen LogP contribution in [0, 0.1) is 50.2 Å². The minimum Gasteiger partial charge on any atom is -0.454 e. The summed E-state index contributed by atoms with van der Waals surface area (Å²) in [6.07, 6.45) is -28.5. The van der Waals surface area contributed by atoms with Crippen LogP contribution in [0.4, 0.5) is 0 Å². The van der Waals surface area contributed by atoms with Gasteiger partial charge in [0.25, 0.3) is 0 Å². The van der Waals surface area contributed by atoms with Gasteiger partial charge < -0.3 is 114 Å². The Morgan fingerprint density at radius 3 is 1.90 bits per heavy atom. The van der Waals surface area contributed by atoms with Crippen molar-refractivity contribution in [2.24, 2.45) is 50.2 Å². The third-order valence-corrected chi connectivity index (χ3v) is 21.1. The monoisotopic (exact) mass is 1130 g/mol. The average Bonchev–Trinajstić information content (AvgIpc) is 2.75. The number of fused-ring (bicyclic) bond motifs is 7. The molecule has 4 heterocycles. The fourth-order valence-corrected chi connectivity index (χ4v) is 16.5. The van der Waals surface area contributed by atoms with Gasteiger partial charge in [0.05, 0.1) is 57.5 Å². The molecule has 0 aromatic carbocycles. The molecule has 25 nitrogen and oxygen atoms in total. The van der Waals surface area contributed by atoms with E-state index in [4.69, 9.17) is 42.6 Å². The van der Waals surface area contributed by atoms with Crippen molar-refractivity contribution in [1.82, 2.24) is 0 Å². The van der Waals surface area contributed by atoms with Gasteiger partial charge in [-0.2, -0.15) is 0 Å². The van der Waals surface area contributed by atoms with Crippen LogP contribution in [0.15, 0.2) is 11.6 Å². The molecule has 0 unspecified atom stereocenters. The maximum Gasteiger partial charge on any atom is 0.317 e. The van der Waals surface area contributed by atoms with Crippen LogP contribution in [-0.4, -0.2) is 245 Å². The fourth-order valence-electron chi connectivity index (χ4n) is 16.5. The number of rotatable bonds is 12. The van der Waals surface area contributed by atoms with Crippen molar-refractivity contribution >= 4 is 11.9 Å². The highest BCUT2D eigenvalue weighted by molar-refractivity contribution is 5.80. The van der Waals surface area contributed by atoms with Crippen molar-refractivity contribution in [2.75, 3.05) is 33.0 Å². The van der Waals surface area contributed by atoms with Crippen LogP contribution in [0.1, 0.15) is 99.8 Å². The summed E-state index contributed by atoms with van der Waals surface area (Å²) in [5.41, 5.74) is -4.72. The topological polar surface area (TPSA) is 400 Å². The molecule has 0 bridgehead atoms. The molecule has 9 rings (SSSR count). The lowest BCUT2D eigenvalue weighted by Crippen LogP contribution is -2.71. The van der Waals surface area contributed by atoms with E-state index in [1.807, 2.05) is 6.92 Å². The Balaban J connectivity index is 0.986. The van der Waals surface area contributed by atoms with Crippen molar-refractivity contribution < 1.29 is 124 Å². The molecule has 0 spiro atoms. The van der Waals surface area contributed by atoms with Gasteiger partial charge in [-0.3, -0.25) is 9.59 Å². The molecular formula is C54H86O25.